The molecule has 7 nitrogen and oxygen atoms in total. The topological polar surface area (TPSA) is 113 Å². The number of carboxylic acid groups (broad SMARTS) is 1. The van der Waals surface area contributed by atoms with Gasteiger partial charge in [-0.05, 0) is 24.3 Å². The second kappa shape index (κ2) is 10.2. The quantitative estimate of drug-likeness (QED) is 0.622. The van der Waals surface area contributed by atoms with Crippen LogP contribution in [-0.4, -0.2) is 53.0 Å². The molecule has 2 amide bonds. The van der Waals surface area contributed by atoms with Crippen LogP contribution in [0.2, 0.25) is 0 Å². The number of likely N-dealkylation sites (tertiary alicyclic amines) is 1. The summed E-state index contributed by atoms with van der Waals surface area (Å²) in [6, 6.07) is 7.74. The fourth-order valence-corrected chi connectivity index (χ4v) is 3.41. The summed E-state index contributed by atoms with van der Waals surface area (Å²) < 4.78 is 0. The van der Waals surface area contributed by atoms with Crippen LogP contribution in [0.3, 0.4) is 0 Å². The van der Waals surface area contributed by atoms with Gasteiger partial charge in [0.15, 0.2) is 0 Å². The number of carboxylic acids is 1. The van der Waals surface area contributed by atoms with Crippen LogP contribution in [0.4, 0.5) is 0 Å². The van der Waals surface area contributed by atoms with E-state index in [0.29, 0.717) is 25.9 Å². The Morgan fingerprint density at radius 1 is 1.21 bits per heavy atom. The molecule has 0 bridgehead atoms. The van der Waals surface area contributed by atoms with E-state index in [1.54, 1.807) is 4.90 Å². The molecule has 1 aliphatic heterocycles. The fraction of sp³-hybridized carbons (Fsp3) is 0.571. The summed E-state index contributed by atoms with van der Waals surface area (Å²) in [6.07, 6.45) is 2.11. The Balaban J connectivity index is 1.88. The maximum Gasteiger partial charge on any atom is 0.326 e. The Labute approximate surface area is 166 Å². The standard InChI is InChI=1S/C21H31N3O4/c1-3-14(2)18(22)20(26)24-11-9-16(10-12-24)19(25)23-17(21(27)28)13-15-7-5-4-6-8-15/h4-8,14,16-18H,3,9-13,22H2,1-2H3,(H,23,25)(H,27,28). The number of carbonyl (C=O) groups excluding carboxylic acids is 2. The highest BCUT2D eigenvalue weighted by Gasteiger charge is 2.32. The maximum absolute atomic E-state index is 12.6. The van der Waals surface area contributed by atoms with Crippen LogP contribution in [0.25, 0.3) is 0 Å². The Bertz CT molecular complexity index is 671. The lowest BCUT2D eigenvalue weighted by Gasteiger charge is -2.34. The van der Waals surface area contributed by atoms with E-state index in [1.165, 1.54) is 0 Å². The summed E-state index contributed by atoms with van der Waals surface area (Å²) in [5.41, 5.74) is 6.89. The third-order valence-electron chi connectivity index (χ3n) is 5.62. The van der Waals surface area contributed by atoms with Crippen molar-refractivity contribution in [1.82, 2.24) is 10.2 Å². The molecule has 1 fully saturated rings. The van der Waals surface area contributed by atoms with E-state index in [2.05, 4.69) is 5.32 Å². The highest BCUT2D eigenvalue weighted by Crippen LogP contribution is 2.20. The van der Waals surface area contributed by atoms with Crippen LogP contribution in [0.1, 0.15) is 38.7 Å². The van der Waals surface area contributed by atoms with Gasteiger partial charge in [-0.25, -0.2) is 4.79 Å². The van der Waals surface area contributed by atoms with Crippen molar-refractivity contribution in [2.45, 2.75) is 51.6 Å². The molecule has 0 aromatic heterocycles. The summed E-state index contributed by atoms with van der Waals surface area (Å²) in [5, 5.41) is 12.1. The maximum atomic E-state index is 12.6. The lowest BCUT2D eigenvalue weighted by molar-refractivity contribution is -0.143. The third kappa shape index (κ3) is 5.79. The first kappa shape index (κ1) is 21.9. The van der Waals surface area contributed by atoms with Gasteiger partial charge in [0, 0.05) is 25.4 Å². The Morgan fingerprint density at radius 2 is 1.82 bits per heavy atom. The van der Waals surface area contributed by atoms with Crippen LogP contribution in [0.15, 0.2) is 30.3 Å². The van der Waals surface area contributed by atoms with E-state index in [0.717, 1.165) is 12.0 Å². The van der Waals surface area contributed by atoms with Gasteiger partial charge in [0.1, 0.15) is 6.04 Å². The second-order valence-electron chi connectivity index (χ2n) is 7.60. The molecular formula is C21H31N3O4. The van der Waals surface area contributed by atoms with Crippen LogP contribution < -0.4 is 11.1 Å². The van der Waals surface area contributed by atoms with Crippen molar-refractivity contribution in [3.05, 3.63) is 35.9 Å². The Kier molecular flexibility index (Phi) is 7.99. The number of nitrogens with one attached hydrogen (secondary N) is 1. The molecule has 0 spiro atoms. The van der Waals surface area contributed by atoms with E-state index in [4.69, 9.17) is 5.73 Å². The zero-order valence-electron chi connectivity index (χ0n) is 16.6. The Hall–Kier alpha value is -2.41. The number of amides is 2. The molecule has 7 heteroatoms. The van der Waals surface area contributed by atoms with E-state index >= 15 is 0 Å². The third-order valence-corrected chi connectivity index (χ3v) is 5.62. The molecule has 3 unspecified atom stereocenters. The first-order chi connectivity index (χ1) is 13.3. The zero-order valence-corrected chi connectivity index (χ0v) is 16.6. The molecule has 4 N–H and O–H groups in total. The van der Waals surface area contributed by atoms with Gasteiger partial charge in [0.25, 0.3) is 0 Å². The molecule has 0 radical (unpaired) electrons. The van der Waals surface area contributed by atoms with Crippen LogP contribution in [-0.2, 0) is 20.8 Å². The van der Waals surface area contributed by atoms with Gasteiger partial charge in [0.05, 0.1) is 6.04 Å². The van der Waals surface area contributed by atoms with E-state index < -0.39 is 18.1 Å². The van der Waals surface area contributed by atoms with Gasteiger partial charge in [-0.3, -0.25) is 9.59 Å². The minimum Gasteiger partial charge on any atom is -0.480 e. The molecule has 0 saturated carbocycles. The van der Waals surface area contributed by atoms with Crippen molar-refractivity contribution in [2.24, 2.45) is 17.6 Å². The van der Waals surface area contributed by atoms with E-state index in [-0.39, 0.29) is 30.1 Å². The molecule has 0 aliphatic carbocycles. The predicted octanol–water partition coefficient (Wildman–Crippen LogP) is 1.41. The summed E-state index contributed by atoms with van der Waals surface area (Å²) in [7, 11) is 0. The zero-order chi connectivity index (χ0) is 20.7. The number of rotatable bonds is 8. The normalized spacial score (nSPS) is 18.2. The largest absolute Gasteiger partial charge is 0.480 e. The van der Waals surface area contributed by atoms with Gasteiger partial charge >= 0.3 is 5.97 Å². The first-order valence-corrected chi connectivity index (χ1v) is 9.95. The molecule has 28 heavy (non-hydrogen) atoms. The SMILES string of the molecule is CCC(C)C(N)C(=O)N1CCC(C(=O)NC(Cc2ccccc2)C(=O)O)CC1. The van der Waals surface area contributed by atoms with Gasteiger partial charge in [-0.2, -0.15) is 0 Å². The molecule has 1 aromatic carbocycles. The summed E-state index contributed by atoms with van der Waals surface area (Å²) >= 11 is 0. The molecule has 3 atom stereocenters. The summed E-state index contributed by atoms with van der Waals surface area (Å²) in [4.78, 5) is 38.3. The summed E-state index contributed by atoms with van der Waals surface area (Å²) in [5.74, 6) is -1.56. The highest BCUT2D eigenvalue weighted by molar-refractivity contribution is 5.86. The van der Waals surface area contributed by atoms with E-state index in [1.807, 2.05) is 44.2 Å². The highest BCUT2D eigenvalue weighted by atomic mass is 16.4. The molecule has 2 rings (SSSR count). The number of benzene rings is 1. The predicted molar refractivity (Wildman–Crippen MR) is 106 cm³/mol. The number of carbonyl (C=O) groups is 3. The van der Waals surface area contributed by atoms with Crippen molar-refractivity contribution >= 4 is 17.8 Å². The van der Waals surface area contributed by atoms with Crippen molar-refractivity contribution in [3.8, 4) is 0 Å². The average molecular weight is 389 g/mol. The number of nitrogens with zero attached hydrogens (tertiary/aromatic N) is 1. The van der Waals surface area contributed by atoms with Gasteiger partial charge in [-0.1, -0.05) is 50.6 Å². The van der Waals surface area contributed by atoms with Gasteiger partial charge in [-0.15, -0.1) is 0 Å². The minimum absolute atomic E-state index is 0.0688. The number of hydrogen-bond donors (Lipinski definition) is 3. The van der Waals surface area contributed by atoms with Crippen LogP contribution in [0, 0.1) is 11.8 Å². The molecule has 154 valence electrons. The smallest absolute Gasteiger partial charge is 0.326 e. The second-order valence-corrected chi connectivity index (χ2v) is 7.60. The number of aliphatic carboxylic acids is 1. The average Bonchev–Trinajstić information content (AvgIpc) is 2.72. The number of piperidine rings is 1. The van der Waals surface area contributed by atoms with E-state index in [9.17, 15) is 19.5 Å². The molecule has 1 aliphatic rings. The van der Waals surface area contributed by atoms with Crippen molar-refractivity contribution in [2.75, 3.05) is 13.1 Å². The molecule has 1 saturated heterocycles. The fourth-order valence-electron chi connectivity index (χ4n) is 3.41. The van der Waals surface area contributed by atoms with Crippen molar-refractivity contribution in [1.29, 1.82) is 0 Å². The molecule has 1 heterocycles. The summed E-state index contributed by atoms with van der Waals surface area (Å²) in [6.45, 7) is 4.90. The van der Waals surface area contributed by atoms with Crippen LogP contribution in [0.5, 0.6) is 0 Å². The lowest BCUT2D eigenvalue weighted by atomic mass is 9.93. The van der Waals surface area contributed by atoms with Crippen molar-refractivity contribution in [3.63, 3.8) is 0 Å². The number of hydrogen-bond acceptors (Lipinski definition) is 4. The first-order valence-electron chi connectivity index (χ1n) is 9.95. The minimum atomic E-state index is -1.05. The monoisotopic (exact) mass is 389 g/mol. The van der Waals surface area contributed by atoms with Gasteiger partial charge in [0.2, 0.25) is 11.8 Å². The number of nitrogens with two attached hydrogens (primary N) is 1. The lowest BCUT2D eigenvalue weighted by Crippen LogP contribution is -2.52. The van der Waals surface area contributed by atoms with Crippen LogP contribution >= 0.6 is 0 Å². The van der Waals surface area contributed by atoms with Crippen molar-refractivity contribution < 1.29 is 19.5 Å². The molecule has 1 aromatic rings. The Morgan fingerprint density at radius 3 is 2.36 bits per heavy atom. The molecular weight excluding hydrogens is 358 g/mol. The van der Waals surface area contributed by atoms with Gasteiger partial charge < -0.3 is 21.1 Å².